The number of aromatic nitrogens is 4. The van der Waals surface area contributed by atoms with Gasteiger partial charge in [0.2, 0.25) is 5.91 Å². The summed E-state index contributed by atoms with van der Waals surface area (Å²) in [4.78, 5) is 13.7. The Morgan fingerprint density at radius 1 is 1.41 bits per heavy atom. The molecule has 0 aliphatic heterocycles. The molecule has 0 saturated heterocycles. The van der Waals surface area contributed by atoms with Crippen molar-refractivity contribution in [2.24, 2.45) is 0 Å². The molecule has 0 aromatic carbocycles. The van der Waals surface area contributed by atoms with Gasteiger partial charge in [0, 0.05) is 25.5 Å². The zero-order chi connectivity index (χ0) is 16.3. The molecule has 120 valence electrons. The lowest BCUT2D eigenvalue weighted by Crippen LogP contribution is -2.30. The summed E-state index contributed by atoms with van der Waals surface area (Å²) in [5.74, 6) is -0.210. The van der Waals surface area contributed by atoms with Gasteiger partial charge in [0.25, 0.3) is 6.43 Å². The summed E-state index contributed by atoms with van der Waals surface area (Å²) in [7, 11) is 1.65. The molecule has 1 amide bonds. The number of halogens is 2. The van der Waals surface area contributed by atoms with Crippen molar-refractivity contribution in [2.45, 2.75) is 39.9 Å². The Morgan fingerprint density at radius 2 is 2.14 bits per heavy atom. The molecule has 0 bridgehead atoms. The molecular weight excluding hydrogens is 292 g/mol. The highest BCUT2D eigenvalue weighted by Gasteiger charge is 2.17. The molecule has 0 saturated carbocycles. The summed E-state index contributed by atoms with van der Waals surface area (Å²) in [6.07, 6.45) is -0.786. The molecule has 0 unspecified atom stereocenters. The summed E-state index contributed by atoms with van der Waals surface area (Å²) >= 11 is 0. The predicted octanol–water partition coefficient (Wildman–Crippen LogP) is 2.00. The summed E-state index contributed by atoms with van der Waals surface area (Å²) in [5.41, 5.74) is 1.00. The maximum Gasteiger partial charge on any atom is 0.282 e. The van der Waals surface area contributed by atoms with Crippen molar-refractivity contribution < 1.29 is 13.6 Å². The van der Waals surface area contributed by atoms with Gasteiger partial charge in [-0.05, 0) is 26.0 Å². The number of hydrogen-bond acceptors (Lipinski definition) is 3. The van der Waals surface area contributed by atoms with E-state index < -0.39 is 6.43 Å². The first-order chi connectivity index (χ1) is 10.4. The van der Waals surface area contributed by atoms with Crippen LogP contribution < -0.4 is 0 Å². The van der Waals surface area contributed by atoms with E-state index in [4.69, 9.17) is 0 Å². The van der Waals surface area contributed by atoms with E-state index in [0.717, 1.165) is 12.2 Å². The number of likely N-dealkylation sites (N-methyl/N-ethyl adjacent to an activating group) is 1. The number of carbonyl (C=O) groups is 1. The molecular formula is C14H19F2N5O. The molecule has 0 spiro atoms. The van der Waals surface area contributed by atoms with E-state index in [-0.39, 0.29) is 18.1 Å². The normalized spacial score (nSPS) is 11.2. The van der Waals surface area contributed by atoms with Crippen molar-refractivity contribution in [1.82, 2.24) is 24.5 Å². The Balaban J connectivity index is 1.99. The highest BCUT2D eigenvalue weighted by molar-refractivity contribution is 5.75. The lowest BCUT2D eigenvalue weighted by Gasteiger charge is -2.16. The zero-order valence-corrected chi connectivity index (χ0v) is 12.8. The van der Waals surface area contributed by atoms with E-state index in [1.807, 2.05) is 19.2 Å². The Morgan fingerprint density at radius 3 is 2.68 bits per heavy atom. The fraction of sp³-hybridized carbons (Fsp3) is 0.500. The molecule has 0 radical (unpaired) electrons. The molecule has 0 atom stereocenters. The Kier molecular flexibility index (Phi) is 4.89. The highest BCUT2D eigenvalue weighted by Crippen LogP contribution is 2.18. The van der Waals surface area contributed by atoms with E-state index in [2.05, 4.69) is 10.2 Å². The SMILES string of the molecule is CCn1ccc(CN(C)C(=O)Cn2nc(C(F)F)cc2C)n1. The van der Waals surface area contributed by atoms with E-state index in [0.29, 0.717) is 12.2 Å². The van der Waals surface area contributed by atoms with Gasteiger partial charge in [-0.2, -0.15) is 10.2 Å². The predicted molar refractivity (Wildman–Crippen MR) is 76.3 cm³/mol. The van der Waals surface area contributed by atoms with Gasteiger partial charge >= 0.3 is 0 Å². The van der Waals surface area contributed by atoms with Gasteiger partial charge in [0.05, 0.1) is 12.2 Å². The van der Waals surface area contributed by atoms with Crippen LogP contribution in [0.15, 0.2) is 18.3 Å². The molecule has 0 fully saturated rings. The molecule has 0 N–H and O–H groups in total. The molecule has 2 aromatic rings. The first-order valence-corrected chi connectivity index (χ1v) is 6.99. The minimum Gasteiger partial charge on any atom is -0.338 e. The molecule has 0 aliphatic carbocycles. The molecule has 6 nitrogen and oxygen atoms in total. The number of aryl methyl sites for hydroxylation is 2. The molecule has 2 rings (SSSR count). The Labute approximate surface area is 127 Å². The first kappa shape index (κ1) is 16.1. The second-order valence-corrected chi connectivity index (χ2v) is 5.08. The van der Waals surface area contributed by atoms with Gasteiger partial charge in [-0.3, -0.25) is 14.2 Å². The quantitative estimate of drug-likeness (QED) is 0.820. The van der Waals surface area contributed by atoms with Crippen LogP contribution in [0.1, 0.15) is 30.4 Å². The Hall–Kier alpha value is -2.25. The van der Waals surface area contributed by atoms with Gasteiger partial charge in [-0.15, -0.1) is 0 Å². The van der Waals surface area contributed by atoms with E-state index >= 15 is 0 Å². The second kappa shape index (κ2) is 6.67. The van der Waals surface area contributed by atoms with Gasteiger partial charge in [0.1, 0.15) is 12.2 Å². The summed E-state index contributed by atoms with van der Waals surface area (Å²) in [6, 6.07) is 3.14. The highest BCUT2D eigenvalue weighted by atomic mass is 19.3. The fourth-order valence-electron chi connectivity index (χ4n) is 2.05. The largest absolute Gasteiger partial charge is 0.338 e. The van der Waals surface area contributed by atoms with Crippen LogP contribution >= 0.6 is 0 Å². The number of alkyl halides is 2. The summed E-state index contributed by atoms with van der Waals surface area (Å²) in [6.45, 7) is 4.69. The monoisotopic (exact) mass is 311 g/mol. The van der Waals surface area contributed by atoms with Crippen molar-refractivity contribution >= 4 is 5.91 Å². The third kappa shape index (κ3) is 3.69. The van der Waals surface area contributed by atoms with Crippen molar-refractivity contribution in [2.75, 3.05) is 7.05 Å². The van der Waals surface area contributed by atoms with Crippen LogP contribution in [0.5, 0.6) is 0 Å². The molecule has 2 aromatic heterocycles. The number of carbonyl (C=O) groups excluding carboxylic acids is 1. The maximum atomic E-state index is 12.6. The van der Waals surface area contributed by atoms with Crippen LogP contribution in [0.2, 0.25) is 0 Å². The molecule has 8 heteroatoms. The number of nitrogens with zero attached hydrogens (tertiary/aromatic N) is 5. The number of hydrogen-bond donors (Lipinski definition) is 0. The standard InChI is InChI=1S/C14H19F2N5O/c1-4-20-6-5-11(17-20)8-19(3)13(22)9-21-10(2)7-12(18-21)14(15)16/h5-7,14H,4,8-9H2,1-3H3. The average Bonchev–Trinajstić information content (AvgIpc) is 3.06. The van der Waals surface area contributed by atoms with Gasteiger partial charge in [-0.1, -0.05) is 0 Å². The topological polar surface area (TPSA) is 56.0 Å². The average molecular weight is 311 g/mol. The maximum absolute atomic E-state index is 12.6. The van der Waals surface area contributed by atoms with Crippen LogP contribution in [-0.2, 0) is 24.4 Å². The zero-order valence-electron chi connectivity index (χ0n) is 12.8. The molecule has 0 aliphatic rings. The van der Waals surface area contributed by atoms with Gasteiger partial charge < -0.3 is 4.90 Å². The lowest BCUT2D eigenvalue weighted by molar-refractivity contribution is -0.131. The third-order valence-corrected chi connectivity index (χ3v) is 3.35. The van der Waals surface area contributed by atoms with Crippen LogP contribution in [-0.4, -0.2) is 37.4 Å². The third-order valence-electron chi connectivity index (χ3n) is 3.35. The van der Waals surface area contributed by atoms with Crippen molar-refractivity contribution in [3.8, 4) is 0 Å². The van der Waals surface area contributed by atoms with E-state index in [9.17, 15) is 13.6 Å². The Bertz CT molecular complexity index is 649. The van der Waals surface area contributed by atoms with Crippen molar-refractivity contribution in [3.05, 3.63) is 35.4 Å². The van der Waals surface area contributed by atoms with Crippen LogP contribution in [0.3, 0.4) is 0 Å². The minimum atomic E-state index is -2.63. The second-order valence-electron chi connectivity index (χ2n) is 5.08. The summed E-state index contributed by atoms with van der Waals surface area (Å²) < 4.78 is 28.3. The van der Waals surface area contributed by atoms with E-state index in [1.165, 1.54) is 15.6 Å². The minimum absolute atomic E-state index is 0.0659. The van der Waals surface area contributed by atoms with Crippen LogP contribution in [0, 0.1) is 6.92 Å². The molecule has 22 heavy (non-hydrogen) atoms. The van der Waals surface area contributed by atoms with Gasteiger partial charge in [0.15, 0.2) is 0 Å². The first-order valence-electron chi connectivity index (χ1n) is 6.99. The van der Waals surface area contributed by atoms with Crippen molar-refractivity contribution in [1.29, 1.82) is 0 Å². The smallest absolute Gasteiger partial charge is 0.282 e. The number of amides is 1. The van der Waals surface area contributed by atoms with Gasteiger partial charge in [-0.25, -0.2) is 8.78 Å². The lowest BCUT2D eigenvalue weighted by atomic mass is 10.3. The van der Waals surface area contributed by atoms with Crippen molar-refractivity contribution in [3.63, 3.8) is 0 Å². The fourth-order valence-corrected chi connectivity index (χ4v) is 2.05. The van der Waals surface area contributed by atoms with Crippen LogP contribution in [0.4, 0.5) is 8.78 Å². The van der Waals surface area contributed by atoms with Crippen LogP contribution in [0.25, 0.3) is 0 Å². The molecule has 2 heterocycles. The van der Waals surface area contributed by atoms with E-state index in [1.54, 1.807) is 18.7 Å². The summed E-state index contributed by atoms with van der Waals surface area (Å²) in [5, 5.41) is 8.06. The number of rotatable bonds is 6.